The van der Waals surface area contributed by atoms with Crippen molar-refractivity contribution in [2.24, 2.45) is 9.98 Å². The molecule has 1 amide bonds. The van der Waals surface area contributed by atoms with Crippen LogP contribution in [0.15, 0.2) is 52.7 Å². The third kappa shape index (κ3) is 7.21. The number of carbonyl (C=O) groups is 1. The topological polar surface area (TPSA) is 107 Å². The molecule has 13 heteroatoms. The van der Waals surface area contributed by atoms with Gasteiger partial charge in [-0.25, -0.2) is 20.0 Å². The number of benzene rings is 2. The highest BCUT2D eigenvalue weighted by Gasteiger charge is 2.34. The first-order valence-electron chi connectivity index (χ1n) is 13.2. The molecular weight excluding hydrogens is 549 g/mol. The van der Waals surface area contributed by atoms with E-state index >= 15 is 0 Å². The smallest absolute Gasteiger partial charge is 0.420 e. The molecule has 1 saturated heterocycles. The summed E-state index contributed by atoms with van der Waals surface area (Å²) >= 11 is 0. The quantitative estimate of drug-likeness (QED) is 0.294. The molecule has 3 aromatic rings. The number of methoxy groups -OCH3 is 1. The summed E-state index contributed by atoms with van der Waals surface area (Å²) < 4.78 is 45.2. The van der Waals surface area contributed by atoms with Crippen LogP contribution in [0.25, 0.3) is 0 Å². The normalized spacial score (nSPS) is 14.7. The second-order valence-electron chi connectivity index (χ2n) is 9.89. The summed E-state index contributed by atoms with van der Waals surface area (Å²) in [5.74, 6) is -0.0494. The maximum absolute atomic E-state index is 13.4. The Kier molecular flexibility index (Phi) is 9.41. The largest absolute Gasteiger partial charge is 0.496 e. The van der Waals surface area contributed by atoms with E-state index in [1.165, 1.54) is 12.4 Å². The van der Waals surface area contributed by atoms with Crippen LogP contribution in [0.4, 0.5) is 36.1 Å². The first-order chi connectivity index (χ1) is 20.0. The Morgan fingerprint density at radius 3 is 2.57 bits per heavy atom. The molecule has 2 aromatic carbocycles. The molecule has 10 nitrogen and oxygen atoms in total. The van der Waals surface area contributed by atoms with Gasteiger partial charge in [-0.1, -0.05) is 6.07 Å². The number of hydrogen-bond acceptors (Lipinski definition) is 7. The van der Waals surface area contributed by atoms with Crippen LogP contribution < -0.4 is 15.4 Å². The summed E-state index contributed by atoms with van der Waals surface area (Å²) in [6, 6.07) is 8.27. The Balaban J connectivity index is 1.60. The number of anilines is 3. The summed E-state index contributed by atoms with van der Waals surface area (Å²) in [7, 11) is 3.23. The van der Waals surface area contributed by atoms with Gasteiger partial charge in [0.05, 0.1) is 18.4 Å². The standard InChI is InChI=1S/C29H33F3N8O2/c1-18-7-8-20(27(41)36-21-9-10-24(42-5)22(16-21)29(30,31)32)15-23(18)37-26-25(19(2)34-17-35-26)38-28(33-3)40-12-6-11-39(4)13-14-40/h7-10,15-17H,3,6,11-14H2,1-2,4-5H3,(H,36,41)(H,34,35,37). The predicted molar refractivity (Wildman–Crippen MR) is 158 cm³/mol. The summed E-state index contributed by atoms with van der Waals surface area (Å²) in [4.78, 5) is 35.0. The molecule has 0 aliphatic carbocycles. The number of nitrogens with one attached hydrogen (secondary N) is 2. The molecule has 0 unspecified atom stereocenters. The molecule has 42 heavy (non-hydrogen) atoms. The molecule has 1 aromatic heterocycles. The minimum atomic E-state index is -4.65. The Bertz CT molecular complexity index is 1490. The Hall–Kier alpha value is -4.52. The first kappa shape index (κ1) is 30.4. The number of aryl methyl sites for hydroxylation is 2. The fourth-order valence-corrected chi connectivity index (χ4v) is 4.48. The maximum atomic E-state index is 13.4. The van der Waals surface area contributed by atoms with Crippen LogP contribution in [-0.4, -0.2) is 78.7 Å². The number of alkyl halides is 3. The van der Waals surface area contributed by atoms with E-state index in [1.54, 1.807) is 18.2 Å². The zero-order valence-corrected chi connectivity index (χ0v) is 23.9. The van der Waals surface area contributed by atoms with E-state index in [4.69, 9.17) is 9.73 Å². The van der Waals surface area contributed by atoms with Crippen LogP contribution in [0, 0.1) is 13.8 Å². The van der Waals surface area contributed by atoms with Crippen molar-refractivity contribution in [3.05, 3.63) is 65.1 Å². The van der Waals surface area contributed by atoms with Crippen molar-refractivity contribution in [2.75, 3.05) is 51.0 Å². The minimum absolute atomic E-state index is 0.0181. The number of aliphatic imine (C=N–C) groups is 2. The van der Waals surface area contributed by atoms with Gasteiger partial charge < -0.3 is 25.2 Å². The van der Waals surface area contributed by atoms with Gasteiger partial charge in [0.25, 0.3) is 5.91 Å². The molecule has 2 N–H and O–H groups in total. The maximum Gasteiger partial charge on any atom is 0.420 e. The number of aromatic nitrogens is 2. The number of carbonyl (C=O) groups excluding carboxylic acids is 1. The lowest BCUT2D eigenvalue weighted by atomic mass is 10.1. The molecule has 4 rings (SSSR count). The molecule has 0 spiro atoms. The van der Waals surface area contributed by atoms with Crippen LogP contribution >= 0.6 is 0 Å². The number of nitrogens with zero attached hydrogens (tertiary/aromatic N) is 6. The molecule has 1 aliphatic rings. The lowest BCUT2D eigenvalue weighted by Crippen LogP contribution is -2.33. The summed E-state index contributed by atoms with van der Waals surface area (Å²) in [6.45, 7) is 10.8. The van der Waals surface area contributed by atoms with Crippen LogP contribution in [0.1, 0.15) is 33.6 Å². The van der Waals surface area contributed by atoms with Crippen molar-refractivity contribution in [1.29, 1.82) is 0 Å². The van der Waals surface area contributed by atoms with Gasteiger partial charge in [-0.3, -0.25) is 4.79 Å². The molecule has 0 atom stereocenters. The monoisotopic (exact) mass is 582 g/mol. The average molecular weight is 583 g/mol. The number of ether oxygens (including phenoxy) is 1. The van der Waals surface area contributed by atoms with E-state index in [9.17, 15) is 18.0 Å². The first-order valence-corrected chi connectivity index (χ1v) is 13.2. The fourth-order valence-electron chi connectivity index (χ4n) is 4.48. The number of amides is 1. The number of rotatable bonds is 6. The Labute approximate surface area is 242 Å². The molecule has 1 aliphatic heterocycles. The summed E-state index contributed by atoms with van der Waals surface area (Å²) in [5.41, 5.74) is 1.69. The lowest BCUT2D eigenvalue weighted by Gasteiger charge is -2.22. The van der Waals surface area contributed by atoms with Crippen LogP contribution in [0.5, 0.6) is 5.75 Å². The van der Waals surface area contributed by atoms with Gasteiger partial charge in [-0.2, -0.15) is 13.2 Å². The van der Waals surface area contributed by atoms with Crippen molar-refractivity contribution in [1.82, 2.24) is 19.8 Å². The van der Waals surface area contributed by atoms with Gasteiger partial charge in [0.15, 0.2) is 5.82 Å². The van der Waals surface area contributed by atoms with Gasteiger partial charge in [-0.15, -0.1) is 0 Å². The van der Waals surface area contributed by atoms with Crippen molar-refractivity contribution < 1.29 is 22.7 Å². The third-order valence-electron chi connectivity index (χ3n) is 6.88. The van der Waals surface area contributed by atoms with E-state index in [-0.39, 0.29) is 17.0 Å². The van der Waals surface area contributed by atoms with Gasteiger partial charge in [0.1, 0.15) is 17.8 Å². The third-order valence-corrected chi connectivity index (χ3v) is 6.88. The van der Waals surface area contributed by atoms with E-state index in [0.29, 0.717) is 28.8 Å². The van der Waals surface area contributed by atoms with Crippen LogP contribution in [-0.2, 0) is 6.18 Å². The molecule has 2 heterocycles. The average Bonchev–Trinajstić information content (AvgIpc) is 3.17. The van der Waals surface area contributed by atoms with E-state index < -0.39 is 17.6 Å². The number of likely N-dealkylation sites (N-methyl/N-ethyl adjacent to an activating group) is 1. The molecular formula is C29H33F3N8O2. The molecule has 1 fully saturated rings. The minimum Gasteiger partial charge on any atom is -0.496 e. The highest BCUT2D eigenvalue weighted by Crippen LogP contribution is 2.38. The Morgan fingerprint density at radius 1 is 1.07 bits per heavy atom. The fraction of sp³-hybridized carbons (Fsp3) is 0.345. The highest BCUT2D eigenvalue weighted by atomic mass is 19.4. The van der Waals surface area contributed by atoms with E-state index in [0.717, 1.165) is 57.4 Å². The second-order valence-corrected chi connectivity index (χ2v) is 9.89. The van der Waals surface area contributed by atoms with Gasteiger partial charge in [0, 0.05) is 36.6 Å². The predicted octanol–water partition coefficient (Wildman–Crippen LogP) is 5.44. The van der Waals surface area contributed by atoms with Crippen molar-refractivity contribution in [2.45, 2.75) is 26.4 Å². The molecule has 0 bridgehead atoms. The zero-order chi connectivity index (χ0) is 30.4. The van der Waals surface area contributed by atoms with Crippen molar-refractivity contribution in [3.8, 4) is 5.75 Å². The van der Waals surface area contributed by atoms with E-state index in [1.807, 2.05) is 13.8 Å². The van der Waals surface area contributed by atoms with Gasteiger partial charge in [-0.05, 0) is 76.5 Å². The van der Waals surface area contributed by atoms with Crippen LogP contribution in [0.2, 0.25) is 0 Å². The lowest BCUT2D eigenvalue weighted by molar-refractivity contribution is -0.138. The second kappa shape index (κ2) is 13.0. The number of hydrogen-bond donors (Lipinski definition) is 2. The number of guanidine groups is 1. The van der Waals surface area contributed by atoms with E-state index in [2.05, 4.69) is 49.2 Å². The molecule has 222 valence electrons. The summed E-state index contributed by atoms with van der Waals surface area (Å²) in [6.07, 6.45) is -2.28. The molecule has 0 saturated carbocycles. The highest BCUT2D eigenvalue weighted by molar-refractivity contribution is 6.05. The van der Waals surface area contributed by atoms with Gasteiger partial charge in [0.2, 0.25) is 5.96 Å². The zero-order valence-electron chi connectivity index (χ0n) is 23.9. The number of halogens is 3. The SMILES string of the molecule is C=NC(=Nc1c(C)ncnc1Nc1cc(C(=O)Nc2ccc(OC)c(C(F)(F)F)c2)ccc1C)N1CCCN(C)CC1. The van der Waals surface area contributed by atoms with Crippen molar-refractivity contribution in [3.63, 3.8) is 0 Å². The Morgan fingerprint density at radius 2 is 1.86 bits per heavy atom. The van der Waals surface area contributed by atoms with Crippen molar-refractivity contribution >= 4 is 41.5 Å². The van der Waals surface area contributed by atoms with Gasteiger partial charge >= 0.3 is 6.18 Å². The summed E-state index contributed by atoms with van der Waals surface area (Å²) in [5, 5.41) is 5.78. The molecule has 0 radical (unpaired) electrons. The van der Waals surface area contributed by atoms with Crippen LogP contribution in [0.3, 0.4) is 0 Å².